The van der Waals surface area contributed by atoms with Crippen molar-refractivity contribution in [1.29, 1.82) is 5.26 Å². The number of rotatable bonds is 6. The summed E-state index contributed by atoms with van der Waals surface area (Å²) >= 11 is 0. The van der Waals surface area contributed by atoms with Gasteiger partial charge in [-0.3, -0.25) is 14.4 Å². The number of carbonyl (C=O) groups is 2. The van der Waals surface area contributed by atoms with Gasteiger partial charge in [-0.1, -0.05) is 30.3 Å². The van der Waals surface area contributed by atoms with Crippen LogP contribution >= 0.6 is 0 Å². The molecule has 0 bridgehead atoms. The molecule has 1 aromatic rings. The third-order valence-corrected chi connectivity index (χ3v) is 2.14. The van der Waals surface area contributed by atoms with E-state index in [1.807, 2.05) is 41.9 Å². The van der Waals surface area contributed by atoms with Crippen molar-refractivity contribution in [2.75, 3.05) is 6.61 Å². The number of benzene rings is 1. The van der Waals surface area contributed by atoms with Crippen molar-refractivity contribution >= 4 is 11.8 Å². The van der Waals surface area contributed by atoms with Crippen LogP contribution in [0.2, 0.25) is 0 Å². The molecule has 18 heavy (non-hydrogen) atoms. The van der Waals surface area contributed by atoms with E-state index < -0.39 is 24.3 Å². The second-order valence-electron chi connectivity index (χ2n) is 3.59. The van der Waals surface area contributed by atoms with Crippen LogP contribution in [0.5, 0.6) is 0 Å². The van der Waals surface area contributed by atoms with Gasteiger partial charge in [0.25, 0.3) is 5.91 Å². The monoisotopic (exact) mass is 247 g/mol. The fraction of sp³-hybridized carbons (Fsp3) is 0.250. The molecule has 0 heterocycles. The molecule has 0 saturated heterocycles. The highest BCUT2D eigenvalue weighted by molar-refractivity contribution is 5.81. The van der Waals surface area contributed by atoms with Crippen LogP contribution in [0.25, 0.3) is 0 Å². The van der Waals surface area contributed by atoms with Gasteiger partial charge in [0.1, 0.15) is 5.92 Å². The zero-order chi connectivity index (χ0) is 13.4. The second-order valence-corrected chi connectivity index (χ2v) is 3.59. The van der Waals surface area contributed by atoms with Crippen molar-refractivity contribution in [1.82, 2.24) is 5.48 Å². The molecular weight excluding hydrogens is 234 g/mol. The van der Waals surface area contributed by atoms with E-state index in [4.69, 9.17) is 11.0 Å². The number of nitrogens with zero attached hydrogens (tertiary/aromatic N) is 1. The highest BCUT2D eigenvalue weighted by Gasteiger charge is 2.18. The lowest BCUT2D eigenvalue weighted by molar-refractivity contribution is -0.139. The molecule has 6 nitrogen and oxygen atoms in total. The van der Waals surface area contributed by atoms with E-state index in [2.05, 4.69) is 4.84 Å². The Labute approximate surface area is 104 Å². The lowest BCUT2D eigenvalue weighted by atomic mass is 10.0. The minimum atomic E-state index is -0.875. The summed E-state index contributed by atoms with van der Waals surface area (Å²) in [5.74, 6) is -2.17. The van der Waals surface area contributed by atoms with E-state index in [-0.39, 0.29) is 6.42 Å². The fourth-order valence-corrected chi connectivity index (χ4v) is 1.30. The first-order valence-corrected chi connectivity index (χ1v) is 5.27. The molecule has 1 aromatic carbocycles. The van der Waals surface area contributed by atoms with Gasteiger partial charge in [-0.25, -0.2) is 5.48 Å². The third-order valence-electron chi connectivity index (χ3n) is 2.14. The predicted octanol–water partition coefficient (Wildman–Crippen LogP) is -0.0980. The zero-order valence-electron chi connectivity index (χ0n) is 9.63. The Morgan fingerprint density at radius 3 is 2.61 bits per heavy atom. The summed E-state index contributed by atoms with van der Waals surface area (Å²) in [6.07, 6.45) is 0.281. The molecule has 1 atom stereocenters. The van der Waals surface area contributed by atoms with E-state index in [1.165, 1.54) is 0 Å². The average Bonchev–Trinajstić information content (AvgIpc) is 2.36. The zero-order valence-corrected chi connectivity index (χ0v) is 9.63. The van der Waals surface area contributed by atoms with Crippen LogP contribution < -0.4 is 11.2 Å². The lowest BCUT2D eigenvalue weighted by Gasteiger charge is -2.09. The van der Waals surface area contributed by atoms with E-state index in [1.54, 1.807) is 0 Å². The molecule has 0 saturated carbocycles. The number of nitrogens with one attached hydrogen (secondary N) is 1. The number of nitrogens with two attached hydrogens (primary N) is 1. The van der Waals surface area contributed by atoms with Crippen molar-refractivity contribution in [2.45, 2.75) is 6.42 Å². The van der Waals surface area contributed by atoms with E-state index in [9.17, 15) is 9.59 Å². The van der Waals surface area contributed by atoms with Gasteiger partial charge >= 0.3 is 0 Å². The average molecular weight is 247 g/mol. The summed E-state index contributed by atoms with van der Waals surface area (Å²) in [5, 5.41) is 8.91. The van der Waals surface area contributed by atoms with Crippen molar-refractivity contribution in [3.63, 3.8) is 0 Å². The van der Waals surface area contributed by atoms with Crippen LogP contribution in [0.15, 0.2) is 30.3 Å². The maximum atomic E-state index is 11.5. The van der Waals surface area contributed by atoms with Crippen LogP contribution in [-0.4, -0.2) is 18.4 Å². The van der Waals surface area contributed by atoms with Crippen LogP contribution in [0.3, 0.4) is 0 Å². The minimum absolute atomic E-state index is 0.281. The van der Waals surface area contributed by atoms with E-state index in [0.29, 0.717) is 0 Å². The molecule has 0 aromatic heterocycles. The normalized spacial score (nSPS) is 11.3. The number of nitriles is 1. The van der Waals surface area contributed by atoms with Gasteiger partial charge in [-0.2, -0.15) is 5.26 Å². The molecular formula is C12H13N3O3. The van der Waals surface area contributed by atoms with Gasteiger partial charge in [0, 0.05) is 0 Å². The quantitative estimate of drug-likeness (QED) is 0.685. The number of amides is 2. The van der Waals surface area contributed by atoms with Gasteiger partial charge in [-0.05, 0) is 12.0 Å². The van der Waals surface area contributed by atoms with Crippen molar-refractivity contribution in [3.8, 4) is 6.07 Å². The standard InChI is InChI=1S/C12H13N3O3/c13-7-10(6-9-4-2-1-3-5-9)12(17)15-18-8-11(14)16/h1-5,10H,6,8H2,(H2,14,16)(H,15,17). The molecule has 0 aliphatic heterocycles. The van der Waals surface area contributed by atoms with Gasteiger partial charge in [0.15, 0.2) is 6.61 Å². The van der Waals surface area contributed by atoms with Gasteiger partial charge in [-0.15, -0.1) is 0 Å². The maximum Gasteiger partial charge on any atom is 0.261 e. The number of hydroxylamine groups is 1. The minimum Gasteiger partial charge on any atom is -0.368 e. The Hall–Kier alpha value is -2.39. The Morgan fingerprint density at radius 2 is 2.06 bits per heavy atom. The topological polar surface area (TPSA) is 105 Å². The first-order chi connectivity index (χ1) is 8.63. The summed E-state index contributed by atoms with van der Waals surface area (Å²) in [6.45, 7) is -0.421. The highest BCUT2D eigenvalue weighted by atomic mass is 16.7. The van der Waals surface area contributed by atoms with Gasteiger partial charge < -0.3 is 5.73 Å². The Balaban J connectivity index is 2.49. The van der Waals surface area contributed by atoms with Crippen LogP contribution in [-0.2, 0) is 20.8 Å². The largest absolute Gasteiger partial charge is 0.368 e. The number of hydrogen-bond donors (Lipinski definition) is 2. The Morgan fingerprint density at radius 1 is 1.39 bits per heavy atom. The first kappa shape index (κ1) is 13.7. The van der Waals surface area contributed by atoms with Crippen molar-refractivity contribution in [2.24, 2.45) is 11.7 Å². The molecule has 6 heteroatoms. The molecule has 1 rings (SSSR count). The van der Waals surface area contributed by atoms with E-state index in [0.717, 1.165) is 5.56 Å². The molecule has 2 amide bonds. The van der Waals surface area contributed by atoms with Gasteiger partial charge in [0.2, 0.25) is 5.91 Å². The van der Waals surface area contributed by atoms with Crippen molar-refractivity contribution in [3.05, 3.63) is 35.9 Å². The maximum absolute atomic E-state index is 11.5. The summed E-state index contributed by atoms with van der Waals surface area (Å²) in [6, 6.07) is 11.0. The predicted molar refractivity (Wildman–Crippen MR) is 62.5 cm³/mol. The highest BCUT2D eigenvalue weighted by Crippen LogP contribution is 2.08. The SMILES string of the molecule is N#CC(Cc1ccccc1)C(=O)NOCC(N)=O. The summed E-state index contributed by atoms with van der Waals surface area (Å²) < 4.78 is 0. The number of primary amides is 1. The molecule has 0 aliphatic rings. The molecule has 0 spiro atoms. The summed E-state index contributed by atoms with van der Waals surface area (Å²) in [7, 11) is 0. The first-order valence-electron chi connectivity index (χ1n) is 5.27. The molecule has 1 unspecified atom stereocenters. The molecule has 0 radical (unpaired) electrons. The molecule has 0 aliphatic carbocycles. The molecule has 3 N–H and O–H groups in total. The smallest absolute Gasteiger partial charge is 0.261 e. The van der Waals surface area contributed by atoms with Crippen molar-refractivity contribution < 1.29 is 14.4 Å². The number of carbonyl (C=O) groups excluding carboxylic acids is 2. The third kappa shape index (κ3) is 4.63. The fourth-order valence-electron chi connectivity index (χ4n) is 1.30. The summed E-state index contributed by atoms with van der Waals surface area (Å²) in [4.78, 5) is 26.5. The number of hydrogen-bond acceptors (Lipinski definition) is 4. The lowest BCUT2D eigenvalue weighted by Crippen LogP contribution is -2.34. The van der Waals surface area contributed by atoms with Crippen LogP contribution in [0, 0.1) is 17.2 Å². The summed E-state index contributed by atoms with van der Waals surface area (Å²) in [5.41, 5.74) is 7.72. The Bertz CT molecular complexity index is 453. The molecule has 0 fully saturated rings. The van der Waals surface area contributed by atoms with E-state index >= 15 is 0 Å². The second kappa shape index (κ2) is 7.04. The molecule has 94 valence electrons. The van der Waals surface area contributed by atoms with Crippen LogP contribution in [0.4, 0.5) is 0 Å². The van der Waals surface area contributed by atoms with Crippen LogP contribution in [0.1, 0.15) is 5.56 Å². The Kier molecular flexibility index (Phi) is 5.35. The van der Waals surface area contributed by atoms with Gasteiger partial charge in [0.05, 0.1) is 6.07 Å².